The molecule has 1 saturated heterocycles. The van der Waals surface area contributed by atoms with Crippen molar-refractivity contribution in [2.75, 3.05) is 11.9 Å². The van der Waals surface area contributed by atoms with E-state index in [0.717, 1.165) is 12.1 Å². The Kier molecular flexibility index (Phi) is 5.92. The van der Waals surface area contributed by atoms with Crippen LogP contribution in [0, 0.1) is 35.8 Å². The van der Waals surface area contributed by atoms with Crippen LogP contribution in [0.2, 0.25) is 0 Å². The van der Waals surface area contributed by atoms with Crippen molar-refractivity contribution in [3.8, 4) is 6.07 Å². The van der Waals surface area contributed by atoms with Crippen molar-refractivity contribution in [2.24, 2.45) is 10.9 Å². The summed E-state index contributed by atoms with van der Waals surface area (Å²) < 4.78 is 43.4. The molecule has 2 aliphatic heterocycles. The number of likely N-dealkylation sites (tertiary alicyclic amines) is 1. The van der Waals surface area contributed by atoms with Crippen LogP contribution in [0.25, 0.3) is 0 Å². The van der Waals surface area contributed by atoms with Gasteiger partial charge in [-0.2, -0.15) is 5.26 Å². The molecule has 3 heterocycles. The molecule has 11 heteroatoms. The highest BCUT2D eigenvalue weighted by Crippen LogP contribution is 2.38. The van der Waals surface area contributed by atoms with Crippen molar-refractivity contribution in [1.82, 2.24) is 14.9 Å². The van der Waals surface area contributed by atoms with Crippen LogP contribution < -0.4 is 5.32 Å². The highest BCUT2D eigenvalue weighted by atomic mass is 19.1. The molecular weight excluding hydrogens is 461 g/mol. The van der Waals surface area contributed by atoms with E-state index >= 15 is 0 Å². The third-order valence-electron chi connectivity index (χ3n) is 6.90. The summed E-state index contributed by atoms with van der Waals surface area (Å²) in [4.78, 5) is 27.5. The molecule has 1 aliphatic carbocycles. The predicted molar refractivity (Wildman–Crippen MR) is 119 cm³/mol. The van der Waals surface area contributed by atoms with Crippen molar-refractivity contribution < 1.29 is 23.1 Å². The second kappa shape index (κ2) is 8.92. The number of alkyl halides is 1. The molecule has 2 aromatic rings. The summed E-state index contributed by atoms with van der Waals surface area (Å²) in [5, 5.41) is 22.6. The Labute approximate surface area is 199 Å². The highest BCUT2D eigenvalue weighted by Gasteiger charge is 2.42. The maximum Gasteiger partial charge on any atom is 0.273 e. The molecule has 1 aromatic heterocycles. The van der Waals surface area contributed by atoms with E-state index in [-0.39, 0.29) is 48.1 Å². The van der Waals surface area contributed by atoms with Crippen LogP contribution in [0.4, 0.5) is 19.0 Å². The SMILES string of the molecule is Cc1cc(F)cc([C@H]2C[C@H](F)CN2C(=O)C2=NCc3ncnc(N[C@@H]4C[C@@H](C#N)C[C@H]4O)c32)c1F. The molecular formula is C24H23F3N6O2. The molecule has 0 unspecified atom stereocenters. The quantitative estimate of drug-likeness (QED) is 0.690. The summed E-state index contributed by atoms with van der Waals surface area (Å²) in [6.07, 6.45) is -0.285. The summed E-state index contributed by atoms with van der Waals surface area (Å²) in [6, 6.07) is 2.76. The fraction of sp³-hybridized carbons (Fsp3) is 0.458. The maximum atomic E-state index is 14.9. The summed E-state index contributed by atoms with van der Waals surface area (Å²) >= 11 is 0. The van der Waals surface area contributed by atoms with Gasteiger partial charge in [0.05, 0.1) is 54.5 Å². The lowest BCUT2D eigenvalue weighted by Crippen LogP contribution is -2.38. The molecule has 1 saturated carbocycles. The summed E-state index contributed by atoms with van der Waals surface area (Å²) in [5.74, 6) is -1.99. The zero-order valence-electron chi connectivity index (χ0n) is 18.9. The van der Waals surface area contributed by atoms with Gasteiger partial charge in [0.1, 0.15) is 35.7 Å². The van der Waals surface area contributed by atoms with Crippen LogP contribution in [-0.4, -0.2) is 56.5 Å². The Balaban J connectivity index is 1.46. The molecule has 182 valence electrons. The van der Waals surface area contributed by atoms with Gasteiger partial charge in [0, 0.05) is 12.0 Å². The van der Waals surface area contributed by atoms with Crippen LogP contribution in [0.3, 0.4) is 0 Å². The van der Waals surface area contributed by atoms with Gasteiger partial charge in [0.25, 0.3) is 5.91 Å². The average Bonchev–Trinajstić information content (AvgIpc) is 3.53. The molecule has 5 atom stereocenters. The van der Waals surface area contributed by atoms with Crippen molar-refractivity contribution in [1.29, 1.82) is 5.26 Å². The largest absolute Gasteiger partial charge is 0.391 e. The van der Waals surface area contributed by atoms with Crippen molar-refractivity contribution in [3.05, 3.63) is 52.5 Å². The van der Waals surface area contributed by atoms with Gasteiger partial charge in [0.2, 0.25) is 0 Å². The number of fused-ring (bicyclic) bond motifs is 1. The van der Waals surface area contributed by atoms with Gasteiger partial charge in [-0.3, -0.25) is 9.79 Å². The topological polar surface area (TPSA) is 115 Å². The monoisotopic (exact) mass is 484 g/mol. The molecule has 2 fully saturated rings. The lowest BCUT2D eigenvalue weighted by Gasteiger charge is -2.26. The second-order valence-corrected chi connectivity index (χ2v) is 9.26. The van der Waals surface area contributed by atoms with E-state index in [1.54, 1.807) is 0 Å². The first-order valence-corrected chi connectivity index (χ1v) is 11.4. The van der Waals surface area contributed by atoms with Gasteiger partial charge in [0.15, 0.2) is 0 Å². The van der Waals surface area contributed by atoms with E-state index in [9.17, 15) is 28.3 Å². The number of carbonyl (C=O) groups excluding carboxylic acids is 1. The first-order chi connectivity index (χ1) is 16.8. The predicted octanol–water partition coefficient (Wildman–Crippen LogP) is 2.75. The number of aliphatic imine (C=N–C) groups is 1. The Bertz CT molecular complexity index is 1260. The third-order valence-corrected chi connectivity index (χ3v) is 6.90. The van der Waals surface area contributed by atoms with Gasteiger partial charge in [-0.1, -0.05) is 0 Å². The first kappa shape index (κ1) is 23.2. The number of halogens is 3. The molecule has 3 aliphatic rings. The molecule has 1 aromatic carbocycles. The number of nitrogens with zero attached hydrogens (tertiary/aromatic N) is 5. The van der Waals surface area contributed by atoms with E-state index in [2.05, 4.69) is 26.3 Å². The Morgan fingerprint density at radius 2 is 2.06 bits per heavy atom. The van der Waals surface area contributed by atoms with E-state index < -0.39 is 41.9 Å². The fourth-order valence-electron chi connectivity index (χ4n) is 5.19. The number of hydrogen-bond acceptors (Lipinski definition) is 7. The minimum atomic E-state index is -1.41. The number of benzene rings is 1. The lowest BCUT2D eigenvalue weighted by molar-refractivity contribution is -0.125. The van der Waals surface area contributed by atoms with E-state index in [1.807, 2.05) is 0 Å². The second-order valence-electron chi connectivity index (χ2n) is 9.26. The molecule has 8 nitrogen and oxygen atoms in total. The Morgan fingerprint density at radius 3 is 2.80 bits per heavy atom. The number of aromatic nitrogens is 2. The van der Waals surface area contributed by atoms with E-state index in [1.165, 1.54) is 18.2 Å². The lowest BCUT2D eigenvalue weighted by atomic mass is 10.00. The van der Waals surface area contributed by atoms with E-state index in [4.69, 9.17) is 0 Å². The third kappa shape index (κ3) is 4.12. The average molecular weight is 484 g/mol. The van der Waals surface area contributed by atoms with Gasteiger partial charge in [-0.05, 0) is 37.5 Å². The molecule has 35 heavy (non-hydrogen) atoms. The van der Waals surface area contributed by atoms with Crippen molar-refractivity contribution in [2.45, 2.75) is 57.1 Å². The number of hydrogen-bond donors (Lipinski definition) is 2. The molecule has 2 N–H and O–H groups in total. The first-order valence-electron chi connectivity index (χ1n) is 11.4. The normalized spacial score (nSPS) is 27.5. The Hall–Kier alpha value is -3.52. The van der Waals surface area contributed by atoms with Gasteiger partial charge in [-0.25, -0.2) is 23.1 Å². The van der Waals surface area contributed by atoms with Crippen LogP contribution in [0.5, 0.6) is 0 Å². The maximum absolute atomic E-state index is 14.9. The van der Waals surface area contributed by atoms with Gasteiger partial charge >= 0.3 is 0 Å². The number of nitriles is 1. The van der Waals surface area contributed by atoms with E-state index in [0.29, 0.717) is 24.1 Å². The van der Waals surface area contributed by atoms with Crippen molar-refractivity contribution in [3.63, 3.8) is 0 Å². The van der Waals surface area contributed by atoms with Crippen LogP contribution in [0.1, 0.15) is 47.7 Å². The van der Waals surface area contributed by atoms with Gasteiger partial charge < -0.3 is 15.3 Å². The molecule has 0 spiro atoms. The number of aliphatic hydroxyl groups is 1. The number of aryl methyl sites for hydroxylation is 1. The fourth-order valence-corrected chi connectivity index (χ4v) is 5.19. The molecule has 0 radical (unpaired) electrons. The minimum absolute atomic E-state index is 0.0000492. The number of amides is 1. The highest BCUT2D eigenvalue weighted by molar-refractivity contribution is 6.47. The van der Waals surface area contributed by atoms with Crippen LogP contribution in [-0.2, 0) is 11.3 Å². The number of rotatable bonds is 4. The Morgan fingerprint density at radius 1 is 1.26 bits per heavy atom. The smallest absolute Gasteiger partial charge is 0.273 e. The molecule has 0 bridgehead atoms. The van der Waals surface area contributed by atoms with Crippen LogP contribution in [0.15, 0.2) is 23.5 Å². The van der Waals surface area contributed by atoms with Crippen molar-refractivity contribution >= 4 is 17.4 Å². The summed E-state index contributed by atoms with van der Waals surface area (Å²) in [7, 11) is 0. The standard InChI is InChI=1S/C24H23F3N6O2/c1-11-2-13(25)5-15(21(11)27)18-6-14(26)9-33(18)24(35)22-20-17(8-29-22)30-10-31-23(20)32-16-3-12(7-28)4-19(16)34/h2,5,10,12,14,16,18-19,34H,3-4,6,8-9H2,1H3,(H,30,31,32)/t12-,14+,16-,18-,19-/m1/s1. The molecule has 1 amide bonds. The summed E-state index contributed by atoms with van der Waals surface area (Å²) in [6.45, 7) is 1.23. The molecule has 5 rings (SSSR count). The number of anilines is 1. The van der Waals surface area contributed by atoms with Gasteiger partial charge in [-0.15, -0.1) is 0 Å². The minimum Gasteiger partial charge on any atom is -0.391 e. The number of carbonyl (C=O) groups is 1. The summed E-state index contributed by atoms with van der Waals surface area (Å²) in [5.41, 5.74) is 0.815. The van der Waals surface area contributed by atoms with Crippen LogP contribution >= 0.6 is 0 Å². The number of nitrogens with one attached hydrogen (secondary N) is 1. The zero-order valence-corrected chi connectivity index (χ0v) is 18.9. The number of aliphatic hydroxyl groups excluding tert-OH is 1. The zero-order chi connectivity index (χ0) is 24.9.